The summed E-state index contributed by atoms with van der Waals surface area (Å²) in [6, 6.07) is 7.10. The molecule has 15 heteroatoms. The molecule has 0 aliphatic carbocycles. The molecule has 0 fully saturated rings. The first-order chi connectivity index (χ1) is 18.6. The van der Waals surface area contributed by atoms with Crippen molar-refractivity contribution in [2.24, 2.45) is 10.7 Å². The first-order valence-electron chi connectivity index (χ1n) is 12.0. The number of rotatable bonds is 11. The van der Waals surface area contributed by atoms with Crippen molar-refractivity contribution in [1.82, 2.24) is 25.6 Å². The molecule has 0 bridgehead atoms. The highest BCUT2D eigenvalue weighted by Crippen LogP contribution is 2.25. The number of carboxylic acid groups (broad SMARTS) is 1. The molecule has 210 valence electrons. The van der Waals surface area contributed by atoms with Gasteiger partial charge in [-0.25, -0.2) is 9.79 Å². The first kappa shape index (κ1) is 29.2. The zero-order valence-electron chi connectivity index (χ0n) is 21.0. The Hall–Kier alpha value is -4.34. The Morgan fingerprint density at radius 2 is 1.95 bits per heavy atom. The fraction of sp³-hybridized carbons (Fsp3) is 0.417. The topological polar surface area (TPSA) is 235 Å². The number of aliphatic imine (C=N–C) groups is 1. The molecule has 2 heterocycles. The van der Waals surface area contributed by atoms with Crippen LogP contribution in [0.4, 0.5) is 0 Å². The summed E-state index contributed by atoms with van der Waals surface area (Å²) in [7, 11) is 0. The average Bonchev–Trinajstić information content (AvgIpc) is 3.37. The molecule has 15 nitrogen and oxygen atoms in total. The number of nitrogens with zero attached hydrogens (tertiary/aromatic N) is 4. The zero-order valence-corrected chi connectivity index (χ0v) is 21.0. The van der Waals surface area contributed by atoms with Crippen molar-refractivity contribution in [3.05, 3.63) is 48.4 Å². The second kappa shape index (κ2) is 13.5. The number of carboxylic acids is 1. The normalized spacial score (nSPS) is 20.8. The van der Waals surface area contributed by atoms with Crippen LogP contribution in [0.1, 0.15) is 19.8 Å². The van der Waals surface area contributed by atoms with Gasteiger partial charge in [-0.05, 0) is 12.5 Å². The predicted octanol–water partition coefficient (Wildman–Crippen LogP) is -1.89. The van der Waals surface area contributed by atoms with E-state index in [0.29, 0.717) is 18.7 Å². The van der Waals surface area contributed by atoms with Crippen LogP contribution in [0.15, 0.2) is 53.4 Å². The van der Waals surface area contributed by atoms with Gasteiger partial charge in [0.15, 0.2) is 5.96 Å². The number of aliphatic carboxylic acids is 1. The lowest BCUT2D eigenvalue weighted by atomic mass is 9.92. The number of aliphatic hydroxyl groups excluding tert-OH is 3. The van der Waals surface area contributed by atoms with E-state index in [4.69, 9.17) is 10.5 Å². The second-order valence-corrected chi connectivity index (χ2v) is 8.77. The molecule has 0 spiro atoms. The number of hydrogen-bond acceptors (Lipinski definition) is 10. The Labute approximate surface area is 223 Å². The summed E-state index contributed by atoms with van der Waals surface area (Å²) >= 11 is 0. The van der Waals surface area contributed by atoms with E-state index in [9.17, 15) is 34.8 Å². The summed E-state index contributed by atoms with van der Waals surface area (Å²) in [5.74, 6) is -3.54. The van der Waals surface area contributed by atoms with E-state index in [2.05, 4.69) is 25.9 Å². The highest BCUT2D eigenvalue weighted by Gasteiger charge is 2.43. The van der Waals surface area contributed by atoms with Gasteiger partial charge in [0, 0.05) is 25.5 Å². The van der Waals surface area contributed by atoms with E-state index in [0.717, 1.165) is 11.6 Å². The lowest BCUT2D eigenvalue weighted by Crippen LogP contribution is -2.60. The van der Waals surface area contributed by atoms with E-state index >= 15 is 0 Å². The summed E-state index contributed by atoms with van der Waals surface area (Å²) in [4.78, 5) is 39.9. The van der Waals surface area contributed by atoms with Gasteiger partial charge in [0.05, 0.1) is 24.9 Å². The van der Waals surface area contributed by atoms with Crippen molar-refractivity contribution in [3.63, 3.8) is 0 Å². The molecule has 1 aromatic heterocycles. The van der Waals surface area contributed by atoms with Gasteiger partial charge in [-0.1, -0.05) is 35.5 Å². The van der Waals surface area contributed by atoms with Gasteiger partial charge in [-0.2, -0.15) is 0 Å². The number of ether oxygens (including phenoxy) is 1. The Kier molecular flexibility index (Phi) is 10.1. The smallest absolute Gasteiger partial charge is 0.370 e. The number of carbonyl (C=O) groups is 3. The molecular weight excluding hydrogens is 514 g/mol. The van der Waals surface area contributed by atoms with Crippen LogP contribution in [-0.4, -0.2) is 96.2 Å². The number of carbonyl (C=O) groups excluding carboxylic acids is 2. The minimum atomic E-state index is -1.79. The molecular formula is C24H31N7O8. The van der Waals surface area contributed by atoms with Gasteiger partial charge in [0.25, 0.3) is 0 Å². The Bertz CT molecular complexity index is 1220. The number of guanidine groups is 1. The molecule has 5 atom stereocenters. The number of aromatic nitrogens is 3. The molecule has 0 radical (unpaired) electrons. The Morgan fingerprint density at radius 1 is 1.23 bits per heavy atom. The summed E-state index contributed by atoms with van der Waals surface area (Å²) in [5.41, 5.74) is 7.50. The largest absolute Gasteiger partial charge is 0.478 e. The van der Waals surface area contributed by atoms with Gasteiger partial charge in [-0.15, -0.1) is 5.10 Å². The number of aliphatic hydroxyl groups is 3. The summed E-state index contributed by atoms with van der Waals surface area (Å²) in [5, 5.41) is 52.0. The van der Waals surface area contributed by atoms with Crippen molar-refractivity contribution in [3.8, 4) is 11.3 Å². The van der Waals surface area contributed by atoms with E-state index in [1.807, 2.05) is 30.3 Å². The number of hydrogen-bond donors (Lipinski definition) is 7. The molecule has 1 aliphatic rings. The van der Waals surface area contributed by atoms with Crippen molar-refractivity contribution >= 4 is 23.7 Å². The highest BCUT2D eigenvalue weighted by molar-refractivity contribution is 5.96. The van der Waals surface area contributed by atoms with Gasteiger partial charge < -0.3 is 36.2 Å². The predicted molar refractivity (Wildman–Crippen MR) is 136 cm³/mol. The van der Waals surface area contributed by atoms with Gasteiger partial charge >= 0.3 is 5.97 Å². The molecule has 0 saturated carbocycles. The van der Waals surface area contributed by atoms with Gasteiger partial charge in [0.2, 0.25) is 17.6 Å². The zero-order chi connectivity index (χ0) is 28.5. The lowest BCUT2D eigenvalue weighted by molar-refractivity contribution is -0.145. The molecule has 1 unspecified atom stereocenters. The third-order valence-electron chi connectivity index (χ3n) is 5.76. The SMILES string of the molecule is CC(=O)N[C@H]1C([C@H](O)[C@H](O)CO)OC(C(=O)O)=C[C@@H]1N=C(N)NC(=O)CCCn1cc(-c2ccccc2)nn1. The molecule has 39 heavy (non-hydrogen) atoms. The summed E-state index contributed by atoms with van der Waals surface area (Å²) in [6.45, 7) is 0.729. The highest BCUT2D eigenvalue weighted by atomic mass is 16.5. The maximum atomic E-state index is 12.4. The first-order valence-corrected chi connectivity index (χ1v) is 12.0. The number of aryl methyl sites for hydroxylation is 1. The average molecular weight is 546 g/mol. The molecule has 0 saturated heterocycles. The molecule has 3 rings (SSSR count). The van der Waals surface area contributed by atoms with Crippen LogP contribution in [0.5, 0.6) is 0 Å². The third kappa shape index (κ3) is 8.07. The van der Waals surface area contributed by atoms with Crippen molar-refractivity contribution in [1.29, 1.82) is 0 Å². The minimum Gasteiger partial charge on any atom is -0.478 e. The van der Waals surface area contributed by atoms with Crippen molar-refractivity contribution < 1.29 is 39.5 Å². The quantitative estimate of drug-likeness (QED) is 0.122. The van der Waals surface area contributed by atoms with Crippen LogP contribution in [-0.2, 0) is 25.7 Å². The lowest BCUT2D eigenvalue weighted by Gasteiger charge is -2.38. The standard InChI is InChI=1S/C24H31N7O8/c1-13(33)26-20-15(10-18(23(37)38)39-22(20)21(36)17(34)12-32)27-24(25)28-19(35)8-5-9-31-11-16(29-30-31)14-6-3-2-4-7-14/h2-4,6-7,10-11,15,17,20-22,32,34,36H,5,8-9,12H2,1H3,(H,26,33)(H,37,38)(H3,25,27,28,35)/t15-,17+,20+,21+,22?/m0/s1. The number of benzene rings is 1. The van der Waals surface area contributed by atoms with E-state index in [1.165, 1.54) is 6.92 Å². The number of nitrogens with one attached hydrogen (secondary N) is 2. The summed E-state index contributed by atoms with van der Waals surface area (Å²) in [6.07, 6.45) is -1.73. The van der Waals surface area contributed by atoms with E-state index in [-0.39, 0.29) is 12.4 Å². The minimum absolute atomic E-state index is 0.0555. The fourth-order valence-electron chi connectivity index (χ4n) is 3.91. The van der Waals surface area contributed by atoms with Crippen LogP contribution >= 0.6 is 0 Å². The molecule has 1 aliphatic heterocycles. The van der Waals surface area contributed by atoms with Crippen LogP contribution in [0.2, 0.25) is 0 Å². The second-order valence-electron chi connectivity index (χ2n) is 8.77. The fourth-order valence-corrected chi connectivity index (χ4v) is 3.91. The maximum Gasteiger partial charge on any atom is 0.370 e. The van der Waals surface area contributed by atoms with E-state index in [1.54, 1.807) is 10.9 Å². The molecule has 2 aromatic rings. The van der Waals surface area contributed by atoms with Gasteiger partial charge in [-0.3, -0.25) is 19.6 Å². The van der Waals surface area contributed by atoms with Gasteiger partial charge in [0.1, 0.15) is 24.0 Å². The van der Waals surface area contributed by atoms with Crippen LogP contribution < -0.4 is 16.4 Å². The van der Waals surface area contributed by atoms with Crippen molar-refractivity contribution in [2.75, 3.05) is 6.61 Å². The molecule has 1 aromatic carbocycles. The van der Waals surface area contributed by atoms with Crippen molar-refractivity contribution in [2.45, 2.75) is 56.7 Å². The maximum absolute atomic E-state index is 12.4. The monoisotopic (exact) mass is 545 g/mol. The van der Waals surface area contributed by atoms with Crippen LogP contribution in [0.3, 0.4) is 0 Å². The Balaban J connectivity index is 1.65. The van der Waals surface area contributed by atoms with Crippen LogP contribution in [0, 0.1) is 0 Å². The number of nitrogens with two attached hydrogens (primary N) is 1. The molecule has 8 N–H and O–H groups in total. The molecule has 2 amide bonds. The third-order valence-corrected chi connectivity index (χ3v) is 5.76. The Morgan fingerprint density at radius 3 is 2.59 bits per heavy atom. The summed E-state index contributed by atoms with van der Waals surface area (Å²) < 4.78 is 6.89. The van der Waals surface area contributed by atoms with Crippen LogP contribution in [0.25, 0.3) is 11.3 Å². The van der Waals surface area contributed by atoms with E-state index < -0.39 is 60.5 Å². The number of amides is 2.